The molecule has 0 aromatic carbocycles. The lowest BCUT2D eigenvalue weighted by molar-refractivity contribution is -0.424. The monoisotopic (exact) mass is 166 g/mol. The van der Waals surface area contributed by atoms with E-state index in [9.17, 15) is 10.1 Å². The molecule has 2 aliphatic rings. The number of nitrogens with one attached hydrogen (secondary N) is 1. The second-order valence-electron chi connectivity index (χ2n) is 2.14. The summed E-state index contributed by atoms with van der Waals surface area (Å²) in [6.07, 6.45) is 6.96. The number of hydroxylamine groups is 3. The summed E-state index contributed by atoms with van der Waals surface area (Å²) in [4.78, 5) is 14.7. The number of fused-ring (bicyclic) bond motifs is 1. The van der Waals surface area contributed by atoms with E-state index in [0.717, 1.165) is 0 Å². The van der Waals surface area contributed by atoms with Crippen molar-refractivity contribution in [3.05, 3.63) is 46.1 Å². The number of nitrogens with zero attached hydrogens (tertiary/aromatic N) is 2. The van der Waals surface area contributed by atoms with Gasteiger partial charge in [-0.25, -0.2) is 5.48 Å². The molecule has 1 radical (unpaired) electrons. The van der Waals surface area contributed by atoms with Crippen molar-refractivity contribution in [2.24, 2.45) is 0 Å². The van der Waals surface area contributed by atoms with Crippen molar-refractivity contribution in [3.8, 4) is 0 Å². The highest BCUT2D eigenvalue weighted by atomic mass is 16.8. The van der Waals surface area contributed by atoms with E-state index in [-0.39, 0.29) is 11.4 Å². The predicted octanol–water partition coefficient (Wildman–Crippen LogP) is 0.0707. The van der Waals surface area contributed by atoms with Crippen molar-refractivity contribution in [1.29, 1.82) is 0 Å². The molecule has 6 heteroatoms. The van der Waals surface area contributed by atoms with E-state index in [1.165, 1.54) is 17.2 Å². The van der Waals surface area contributed by atoms with E-state index in [2.05, 4.69) is 11.7 Å². The third-order valence-electron chi connectivity index (χ3n) is 1.45. The SMILES string of the molecule is O=[N+]([O-])C1=CC=CN2ON[C]=C12. The highest BCUT2D eigenvalue weighted by Gasteiger charge is 2.29. The van der Waals surface area contributed by atoms with Crippen molar-refractivity contribution in [1.82, 2.24) is 10.5 Å². The van der Waals surface area contributed by atoms with Crippen LogP contribution in [0, 0.1) is 16.3 Å². The Hall–Kier alpha value is -1.82. The zero-order valence-corrected chi connectivity index (χ0v) is 5.85. The summed E-state index contributed by atoms with van der Waals surface area (Å²) in [7, 11) is 0. The molecule has 0 aliphatic carbocycles. The van der Waals surface area contributed by atoms with Crippen molar-refractivity contribution in [2.45, 2.75) is 0 Å². The lowest BCUT2D eigenvalue weighted by Crippen LogP contribution is -2.19. The predicted molar refractivity (Wildman–Crippen MR) is 37.0 cm³/mol. The van der Waals surface area contributed by atoms with Gasteiger partial charge in [0.15, 0.2) is 5.70 Å². The van der Waals surface area contributed by atoms with Gasteiger partial charge in [0.1, 0.15) is 6.20 Å². The smallest absolute Gasteiger partial charge is 0.258 e. The van der Waals surface area contributed by atoms with Gasteiger partial charge in [0, 0.05) is 12.3 Å². The van der Waals surface area contributed by atoms with Crippen molar-refractivity contribution in [3.63, 3.8) is 0 Å². The molecule has 0 bridgehead atoms. The Labute approximate surface area is 67.5 Å². The second kappa shape index (κ2) is 2.35. The zero-order chi connectivity index (χ0) is 8.55. The van der Waals surface area contributed by atoms with Crippen LogP contribution in [0.4, 0.5) is 0 Å². The first-order chi connectivity index (χ1) is 5.79. The number of hydrogen-bond donors (Lipinski definition) is 1. The first-order valence-electron chi connectivity index (χ1n) is 3.16. The Kier molecular flexibility index (Phi) is 1.34. The van der Waals surface area contributed by atoms with Crippen LogP contribution in [0.5, 0.6) is 0 Å². The first kappa shape index (κ1) is 6.86. The van der Waals surface area contributed by atoms with E-state index in [1.807, 2.05) is 0 Å². The quantitative estimate of drug-likeness (QED) is 0.441. The summed E-state index contributed by atoms with van der Waals surface area (Å²) in [6, 6.07) is 0. The van der Waals surface area contributed by atoms with E-state index < -0.39 is 4.92 Å². The molecule has 0 aromatic rings. The van der Waals surface area contributed by atoms with Gasteiger partial charge >= 0.3 is 0 Å². The van der Waals surface area contributed by atoms with Gasteiger partial charge in [-0.3, -0.25) is 10.1 Å². The fourth-order valence-corrected chi connectivity index (χ4v) is 0.942. The molecule has 0 amide bonds. The second-order valence-corrected chi connectivity index (χ2v) is 2.14. The fourth-order valence-electron chi connectivity index (χ4n) is 0.942. The Morgan fingerprint density at radius 3 is 3.33 bits per heavy atom. The average molecular weight is 166 g/mol. The molecule has 0 saturated heterocycles. The van der Waals surface area contributed by atoms with Crippen LogP contribution in [0.2, 0.25) is 0 Å². The number of rotatable bonds is 1. The molecule has 2 rings (SSSR count). The maximum Gasteiger partial charge on any atom is 0.297 e. The van der Waals surface area contributed by atoms with Gasteiger partial charge in [-0.05, 0) is 6.08 Å². The van der Waals surface area contributed by atoms with E-state index in [1.54, 1.807) is 6.20 Å². The molecule has 0 atom stereocenters. The lowest BCUT2D eigenvalue weighted by Gasteiger charge is -2.13. The van der Waals surface area contributed by atoms with Crippen molar-refractivity contribution in [2.75, 3.05) is 0 Å². The largest absolute Gasteiger partial charge is 0.297 e. The van der Waals surface area contributed by atoms with Gasteiger partial charge in [0.05, 0.1) is 4.92 Å². The topological polar surface area (TPSA) is 67.6 Å². The molecule has 12 heavy (non-hydrogen) atoms. The molecule has 2 heterocycles. The third-order valence-corrected chi connectivity index (χ3v) is 1.45. The molecule has 0 saturated carbocycles. The highest BCUT2D eigenvalue weighted by molar-refractivity contribution is 5.30. The molecule has 1 N–H and O–H groups in total. The summed E-state index contributed by atoms with van der Waals surface area (Å²) in [5.74, 6) is 0. The number of hydrogen-bond acceptors (Lipinski definition) is 5. The van der Waals surface area contributed by atoms with Gasteiger partial charge in [0.2, 0.25) is 0 Å². The van der Waals surface area contributed by atoms with E-state index in [0.29, 0.717) is 0 Å². The zero-order valence-electron chi connectivity index (χ0n) is 5.85. The molecule has 0 spiro atoms. The maximum atomic E-state index is 10.4. The minimum Gasteiger partial charge on any atom is -0.258 e. The summed E-state index contributed by atoms with van der Waals surface area (Å²) < 4.78 is 0. The maximum absolute atomic E-state index is 10.4. The van der Waals surface area contributed by atoms with E-state index in [4.69, 9.17) is 4.94 Å². The van der Waals surface area contributed by atoms with Crippen LogP contribution in [0.3, 0.4) is 0 Å². The normalized spacial score (nSPS) is 19.5. The molecule has 0 fully saturated rings. The van der Waals surface area contributed by atoms with Crippen LogP contribution in [0.15, 0.2) is 29.7 Å². The van der Waals surface area contributed by atoms with Gasteiger partial charge < -0.3 is 0 Å². The lowest BCUT2D eigenvalue weighted by atomic mass is 10.2. The van der Waals surface area contributed by atoms with Gasteiger partial charge in [-0.1, -0.05) is 0 Å². The molecular weight excluding hydrogens is 162 g/mol. The Morgan fingerprint density at radius 2 is 2.58 bits per heavy atom. The summed E-state index contributed by atoms with van der Waals surface area (Å²) in [6.45, 7) is 0. The Balaban J connectivity index is 2.38. The first-order valence-corrected chi connectivity index (χ1v) is 3.16. The number of nitro groups is 1. The van der Waals surface area contributed by atoms with Crippen LogP contribution in [0.25, 0.3) is 0 Å². The van der Waals surface area contributed by atoms with Gasteiger partial charge in [0.25, 0.3) is 5.70 Å². The Morgan fingerprint density at radius 1 is 1.75 bits per heavy atom. The molecule has 2 aliphatic heterocycles. The van der Waals surface area contributed by atoms with Crippen molar-refractivity contribution >= 4 is 0 Å². The average Bonchev–Trinajstić information content (AvgIpc) is 2.49. The molecule has 0 unspecified atom stereocenters. The van der Waals surface area contributed by atoms with Crippen LogP contribution < -0.4 is 5.48 Å². The van der Waals surface area contributed by atoms with Crippen molar-refractivity contribution < 1.29 is 9.86 Å². The summed E-state index contributed by atoms with van der Waals surface area (Å²) in [5, 5.41) is 11.7. The standard InChI is InChI=1S/C6H4N3O3/c10-9(11)5-2-1-3-8-6(5)4-7-12-8/h1-3,7H. The molecule has 6 nitrogen and oxygen atoms in total. The minimum atomic E-state index is -0.491. The third kappa shape index (κ3) is 0.857. The Bertz CT molecular complexity index is 318. The molecular formula is C6H4N3O3. The highest BCUT2D eigenvalue weighted by Crippen LogP contribution is 2.22. The van der Waals surface area contributed by atoms with Crippen LogP contribution in [-0.4, -0.2) is 9.99 Å². The summed E-state index contributed by atoms with van der Waals surface area (Å²) >= 11 is 0. The number of allylic oxidation sites excluding steroid dienone is 2. The van der Waals surface area contributed by atoms with Crippen LogP contribution in [0.1, 0.15) is 0 Å². The van der Waals surface area contributed by atoms with Gasteiger partial charge in [-0.2, -0.15) is 10.0 Å². The summed E-state index contributed by atoms with van der Waals surface area (Å²) in [5.41, 5.74) is 2.53. The van der Waals surface area contributed by atoms with Crippen LogP contribution >= 0.6 is 0 Å². The van der Waals surface area contributed by atoms with Gasteiger partial charge in [-0.15, -0.1) is 0 Å². The minimum absolute atomic E-state index is 0.0394. The molecule has 61 valence electrons. The van der Waals surface area contributed by atoms with Crippen LogP contribution in [-0.2, 0) is 4.94 Å². The van der Waals surface area contributed by atoms with E-state index >= 15 is 0 Å². The molecule has 0 aromatic heterocycles. The fraction of sp³-hybridized carbons (Fsp3) is 0.